The van der Waals surface area contributed by atoms with E-state index in [0.717, 1.165) is 37.3 Å². The number of halogens is 2. The molecule has 1 aromatic carbocycles. The van der Waals surface area contributed by atoms with E-state index < -0.39 is 0 Å². The summed E-state index contributed by atoms with van der Waals surface area (Å²) in [5.41, 5.74) is 6.49. The number of para-hydroxylation sites is 1. The largest absolute Gasteiger partial charge is 0.336 e. The van der Waals surface area contributed by atoms with Crippen molar-refractivity contribution in [2.75, 3.05) is 19.6 Å². The molecule has 8 heteroatoms. The molecule has 2 fully saturated rings. The second-order valence-electron chi connectivity index (χ2n) is 6.57. The SMILES string of the molecule is Cl.NCC1CCN(C(=O)c2nc(C3CC3)n(-c3ccccc3Cl)n2)C1. The van der Waals surface area contributed by atoms with E-state index >= 15 is 0 Å². The van der Waals surface area contributed by atoms with Gasteiger partial charge in [0.25, 0.3) is 5.91 Å². The molecule has 1 atom stereocenters. The van der Waals surface area contributed by atoms with Crippen LogP contribution in [0.15, 0.2) is 24.3 Å². The Kier molecular flexibility index (Phi) is 5.32. The van der Waals surface area contributed by atoms with Crippen molar-refractivity contribution in [2.24, 2.45) is 11.7 Å². The molecule has 2 aromatic rings. The number of carbonyl (C=O) groups excluding carboxylic acids is 1. The van der Waals surface area contributed by atoms with Crippen LogP contribution in [0.1, 0.15) is 41.6 Å². The summed E-state index contributed by atoms with van der Waals surface area (Å²) in [5.74, 6) is 1.72. The molecule has 1 aromatic heterocycles. The van der Waals surface area contributed by atoms with Gasteiger partial charge in [0.2, 0.25) is 5.82 Å². The maximum atomic E-state index is 12.7. The zero-order chi connectivity index (χ0) is 16.7. The van der Waals surface area contributed by atoms with Crippen LogP contribution in [-0.4, -0.2) is 45.2 Å². The molecule has 2 heterocycles. The molecule has 0 radical (unpaired) electrons. The fourth-order valence-electron chi connectivity index (χ4n) is 3.17. The van der Waals surface area contributed by atoms with E-state index in [-0.39, 0.29) is 24.1 Å². The van der Waals surface area contributed by atoms with Crippen LogP contribution in [0.5, 0.6) is 0 Å². The van der Waals surface area contributed by atoms with E-state index in [0.29, 0.717) is 29.9 Å². The summed E-state index contributed by atoms with van der Waals surface area (Å²) < 4.78 is 1.74. The maximum absolute atomic E-state index is 12.7. The molecule has 6 nitrogen and oxygen atoms in total. The highest BCUT2D eigenvalue weighted by molar-refractivity contribution is 6.32. The lowest BCUT2D eigenvalue weighted by atomic mass is 10.1. The topological polar surface area (TPSA) is 77.0 Å². The average molecular weight is 382 g/mol. The number of aromatic nitrogens is 3. The standard InChI is InChI=1S/C17H20ClN5O.ClH/c18-13-3-1-2-4-14(13)23-16(12-5-6-12)20-15(21-23)17(24)22-8-7-11(9-19)10-22;/h1-4,11-12H,5-10,19H2;1H. The molecule has 2 aliphatic rings. The van der Waals surface area contributed by atoms with Crippen LogP contribution in [-0.2, 0) is 0 Å². The van der Waals surface area contributed by atoms with Crippen molar-refractivity contribution in [2.45, 2.75) is 25.2 Å². The third-order valence-corrected chi connectivity index (χ3v) is 5.07. The maximum Gasteiger partial charge on any atom is 0.293 e. The minimum absolute atomic E-state index is 0. The molecule has 1 saturated carbocycles. The van der Waals surface area contributed by atoms with Crippen molar-refractivity contribution in [3.05, 3.63) is 40.9 Å². The number of rotatable bonds is 4. The first-order chi connectivity index (χ1) is 11.7. The number of amides is 1. The van der Waals surface area contributed by atoms with Crippen LogP contribution in [0.4, 0.5) is 0 Å². The zero-order valence-corrected chi connectivity index (χ0v) is 15.3. The summed E-state index contributed by atoms with van der Waals surface area (Å²) >= 11 is 6.31. The van der Waals surface area contributed by atoms with E-state index in [1.807, 2.05) is 24.3 Å². The van der Waals surface area contributed by atoms with Crippen molar-refractivity contribution in [1.29, 1.82) is 0 Å². The van der Waals surface area contributed by atoms with Gasteiger partial charge in [-0.1, -0.05) is 23.7 Å². The fourth-order valence-corrected chi connectivity index (χ4v) is 3.39. The lowest BCUT2D eigenvalue weighted by Crippen LogP contribution is -2.30. The van der Waals surface area contributed by atoms with E-state index in [2.05, 4.69) is 10.1 Å². The molecule has 1 aliphatic carbocycles. The Balaban J connectivity index is 0.00000182. The van der Waals surface area contributed by atoms with Gasteiger partial charge in [-0.2, -0.15) is 0 Å². The Morgan fingerprint density at radius 2 is 2.04 bits per heavy atom. The smallest absolute Gasteiger partial charge is 0.293 e. The quantitative estimate of drug-likeness (QED) is 0.882. The zero-order valence-electron chi connectivity index (χ0n) is 13.8. The van der Waals surface area contributed by atoms with Crippen molar-refractivity contribution in [3.8, 4) is 5.69 Å². The van der Waals surface area contributed by atoms with Gasteiger partial charge in [0, 0.05) is 19.0 Å². The Bertz CT molecular complexity index is 774. The monoisotopic (exact) mass is 381 g/mol. The van der Waals surface area contributed by atoms with Crippen LogP contribution >= 0.6 is 24.0 Å². The normalized spacial score (nSPS) is 19.8. The van der Waals surface area contributed by atoms with Crippen LogP contribution in [0.3, 0.4) is 0 Å². The van der Waals surface area contributed by atoms with Gasteiger partial charge in [-0.25, -0.2) is 9.67 Å². The number of benzene rings is 1. The van der Waals surface area contributed by atoms with Gasteiger partial charge in [-0.15, -0.1) is 17.5 Å². The molecule has 2 N–H and O–H groups in total. The highest BCUT2D eigenvalue weighted by Crippen LogP contribution is 2.40. The molecular weight excluding hydrogens is 361 g/mol. The summed E-state index contributed by atoms with van der Waals surface area (Å²) in [7, 11) is 0. The van der Waals surface area contributed by atoms with E-state index in [1.54, 1.807) is 9.58 Å². The lowest BCUT2D eigenvalue weighted by molar-refractivity contribution is 0.0775. The first-order valence-corrected chi connectivity index (χ1v) is 8.76. The summed E-state index contributed by atoms with van der Waals surface area (Å²) in [6.07, 6.45) is 3.11. The molecule has 0 spiro atoms. The van der Waals surface area contributed by atoms with Crippen molar-refractivity contribution in [3.63, 3.8) is 0 Å². The molecular formula is C17H21Cl2N5O. The number of hydrogen-bond acceptors (Lipinski definition) is 4. The minimum Gasteiger partial charge on any atom is -0.336 e. The second kappa shape index (κ2) is 7.32. The summed E-state index contributed by atoms with van der Waals surface area (Å²) in [6.45, 7) is 2.02. The predicted molar refractivity (Wildman–Crippen MR) is 98.7 cm³/mol. The predicted octanol–water partition coefficient (Wildman–Crippen LogP) is 2.64. The third-order valence-electron chi connectivity index (χ3n) is 4.75. The molecule has 1 unspecified atom stereocenters. The van der Waals surface area contributed by atoms with E-state index in [9.17, 15) is 4.79 Å². The Hall–Kier alpha value is -1.63. The van der Waals surface area contributed by atoms with Gasteiger partial charge in [0.15, 0.2) is 0 Å². The molecule has 1 amide bonds. The van der Waals surface area contributed by atoms with Gasteiger partial charge in [-0.3, -0.25) is 4.79 Å². The molecule has 4 rings (SSSR count). The molecule has 0 bridgehead atoms. The van der Waals surface area contributed by atoms with E-state index in [1.165, 1.54) is 0 Å². The Morgan fingerprint density at radius 3 is 2.68 bits per heavy atom. The van der Waals surface area contributed by atoms with Gasteiger partial charge in [-0.05, 0) is 43.9 Å². The van der Waals surface area contributed by atoms with Crippen LogP contribution in [0, 0.1) is 5.92 Å². The first kappa shape index (κ1) is 18.2. The average Bonchev–Trinajstić information content (AvgIpc) is 3.17. The van der Waals surface area contributed by atoms with Crippen LogP contribution < -0.4 is 5.73 Å². The van der Waals surface area contributed by atoms with Crippen molar-refractivity contribution >= 4 is 29.9 Å². The van der Waals surface area contributed by atoms with Gasteiger partial charge >= 0.3 is 0 Å². The highest BCUT2D eigenvalue weighted by atomic mass is 35.5. The summed E-state index contributed by atoms with van der Waals surface area (Å²) in [6, 6.07) is 7.51. The van der Waals surface area contributed by atoms with Crippen LogP contribution in [0.25, 0.3) is 5.69 Å². The van der Waals surface area contributed by atoms with Crippen molar-refractivity contribution in [1.82, 2.24) is 19.7 Å². The summed E-state index contributed by atoms with van der Waals surface area (Å²) in [5, 5.41) is 5.10. The number of nitrogens with two attached hydrogens (primary N) is 1. The van der Waals surface area contributed by atoms with Crippen LogP contribution in [0.2, 0.25) is 5.02 Å². The third kappa shape index (κ3) is 3.52. The fraction of sp³-hybridized carbons (Fsp3) is 0.471. The Morgan fingerprint density at radius 1 is 1.28 bits per heavy atom. The second-order valence-corrected chi connectivity index (χ2v) is 6.98. The molecule has 1 saturated heterocycles. The first-order valence-electron chi connectivity index (χ1n) is 8.38. The number of likely N-dealkylation sites (tertiary alicyclic amines) is 1. The van der Waals surface area contributed by atoms with Crippen molar-refractivity contribution < 1.29 is 4.79 Å². The van der Waals surface area contributed by atoms with Gasteiger partial charge < -0.3 is 10.6 Å². The Labute approximate surface area is 157 Å². The number of carbonyl (C=O) groups is 1. The minimum atomic E-state index is -0.112. The molecule has 1 aliphatic heterocycles. The lowest BCUT2D eigenvalue weighted by Gasteiger charge is -2.13. The highest BCUT2D eigenvalue weighted by Gasteiger charge is 2.34. The molecule has 134 valence electrons. The van der Waals surface area contributed by atoms with Gasteiger partial charge in [0.1, 0.15) is 5.82 Å². The number of nitrogens with zero attached hydrogens (tertiary/aromatic N) is 4. The summed E-state index contributed by atoms with van der Waals surface area (Å²) in [4.78, 5) is 19.1. The number of hydrogen-bond donors (Lipinski definition) is 1. The van der Waals surface area contributed by atoms with Gasteiger partial charge in [0.05, 0.1) is 10.7 Å². The van der Waals surface area contributed by atoms with E-state index in [4.69, 9.17) is 17.3 Å². The molecule has 25 heavy (non-hydrogen) atoms.